The topological polar surface area (TPSA) is 49.9 Å². The lowest BCUT2D eigenvalue weighted by Crippen LogP contribution is -2.45. The molecule has 2 heterocycles. The largest absolute Gasteiger partial charge is 0.447 e. The molecule has 124 valence electrons. The van der Waals surface area contributed by atoms with Gasteiger partial charge in [0.25, 0.3) is 0 Å². The van der Waals surface area contributed by atoms with E-state index in [2.05, 4.69) is 0 Å². The number of cyclic esters (lactones) is 1. The van der Waals surface area contributed by atoms with Gasteiger partial charge >= 0.3 is 6.09 Å². The van der Waals surface area contributed by atoms with Crippen LogP contribution in [0.2, 0.25) is 0 Å². The minimum Gasteiger partial charge on any atom is -0.447 e. The van der Waals surface area contributed by atoms with Gasteiger partial charge in [0.15, 0.2) is 0 Å². The van der Waals surface area contributed by atoms with Crippen molar-refractivity contribution in [2.24, 2.45) is 0 Å². The molecular weight excluding hydrogens is 312 g/mol. The Morgan fingerprint density at radius 1 is 1.30 bits per heavy atom. The van der Waals surface area contributed by atoms with Crippen LogP contribution < -0.4 is 0 Å². The number of ether oxygens (including phenoxy) is 1. The Bertz CT molecular complexity index is 560. The molecule has 2 aliphatic heterocycles. The summed E-state index contributed by atoms with van der Waals surface area (Å²) < 4.78 is 5.17. The standard InChI is InChI=1S/C17H22N2O3S/c1-18(14-7-9-23-10-8-14)16(20)11-19-15(12-22-17(19)21)13-5-3-2-4-6-13/h2-6,14-15H,7-12H2,1H3/t15-/m1/s1. The van der Waals surface area contributed by atoms with Gasteiger partial charge in [0, 0.05) is 13.1 Å². The summed E-state index contributed by atoms with van der Waals surface area (Å²) in [5, 5.41) is 0. The van der Waals surface area contributed by atoms with Crippen molar-refractivity contribution in [1.29, 1.82) is 0 Å². The van der Waals surface area contributed by atoms with Gasteiger partial charge in [-0.1, -0.05) is 30.3 Å². The average Bonchev–Trinajstić information content (AvgIpc) is 2.96. The zero-order valence-electron chi connectivity index (χ0n) is 13.3. The van der Waals surface area contributed by atoms with Gasteiger partial charge in [-0.3, -0.25) is 9.69 Å². The second kappa shape index (κ2) is 7.25. The highest BCUT2D eigenvalue weighted by molar-refractivity contribution is 7.99. The Kier molecular flexibility index (Phi) is 5.10. The molecule has 0 radical (unpaired) electrons. The number of likely N-dealkylation sites (N-methyl/N-ethyl adjacent to an activating group) is 1. The van der Waals surface area contributed by atoms with Crippen molar-refractivity contribution in [3.05, 3.63) is 35.9 Å². The molecule has 2 aliphatic rings. The zero-order chi connectivity index (χ0) is 16.2. The zero-order valence-corrected chi connectivity index (χ0v) is 14.1. The minimum absolute atomic E-state index is 0.0123. The molecule has 5 nitrogen and oxygen atoms in total. The van der Waals surface area contributed by atoms with Crippen LogP contribution in [-0.4, -0.2) is 59.5 Å². The highest BCUT2D eigenvalue weighted by Gasteiger charge is 2.36. The van der Waals surface area contributed by atoms with Crippen LogP contribution in [0.15, 0.2) is 30.3 Å². The summed E-state index contributed by atoms with van der Waals surface area (Å²) in [6, 6.07) is 9.85. The molecule has 0 unspecified atom stereocenters. The third-order valence-electron chi connectivity index (χ3n) is 4.60. The number of carbonyl (C=O) groups is 2. The smallest absolute Gasteiger partial charge is 0.410 e. The first kappa shape index (κ1) is 16.2. The molecule has 1 aromatic rings. The Morgan fingerprint density at radius 3 is 2.70 bits per heavy atom. The average molecular weight is 334 g/mol. The van der Waals surface area contributed by atoms with Crippen LogP contribution in [0.5, 0.6) is 0 Å². The lowest BCUT2D eigenvalue weighted by molar-refractivity contribution is -0.133. The van der Waals surface area contributed by atoms with Crippen LogP contribution >= 0.6 is 11.8 Å². The molecule has 6 heteroatoms. The molecule has 1 aromatic carbocycles. The van der Waals surface area contributed by atoms with E-state index < -0.39 is 6.09 Å². The molecule has 3 rings (SSSR count). The number of amides is 2. The summed E-state index contributed by atoms with van der Waals surface area (Å²) in [4.78, 5) is 28.0. The second-order valence-corrected chi connectivity index (χ2v) is 7.20. The summed E-state index contributed by atoms with van der Waals surface area (Å²) in [6.45, 7) is 0.387. The van der Waals surface area contributed by atoms with Crippen molar-refractivity contribution < 1.29 is 14.3 Å². The number of benzene rings is 1. The van der Waals surface area contributed by atoms with Crippen LogP contribution in [-0.2, 0) is 9.53 Å². The maximum absolute atomic E-state index is 12.6. The first-order valence-corrected chi connectivity index (χ1v) is 9.14. The first-order valence-electron chi connectivity index (χ1n) is 7.98. The van der Waals surface area contributed by atoms with Gasteiger partial charge in [-0.15, -0.1) is 0 Å². The van der Waals surface area contributed by atoms with E-state index >= 15 is 0 Å². The molecule has 0 saturated carbocycles. The highest BCUT2D eigenvalue weighted by Crippen LogP contribution is 2.28. The predicted octanol–water partition coefficient (Wildman–Crippen LogP) is 2.53. The van der Waals surface area contributed by atoms with Crippen LogP contribution in [0.1, 0.15) is 24.4 Å². The Morgan fingerprint density at radius 2 is 2.00 bits per heavy atom. The van der Waals surface area contributed by atoms with Crippen molar-refractivity contribution in [1.82, 2.24) is 9.80 Å². The highest BCUT2D eigenvalue weighted by atomic mass is 32.2. The maximum atomic E-state index is 12.6. The fourth-order valence-electron chi connectivity index (χ4n) is 3.11. The van der Waals surface area contributed by atoms with Gasteiger partial charge in [0.1, 0.15) is 13.2 Å². The number of carbonyl (C=O) groups excluding carboxylic acids is 2. The van der Waals surface area contributed by atoms with E-state index in [0.717, 1.165) is 29.9 Å². The van der Waals surface area contributed by atoms with Crippen molar-refractivity contribution in [3.63, 3.8) is 0 Å². The molecule has 2 fully saturated rings. The fraction of sp³-hybridized carbons (Fsp3) is 0.529. The van der Waals surface area contributed by atoms with Gasteiger partial charge in [-0.25, -0.2) is 4.79 Å². The van der Waals surface area contributed by atoms with E-state index in [4.69, 9.17) is 4.74 Å². The fourth-order valence-corrected chi connectivity index (χ4v) is 4.19. The third kappa shape index (κ3) is 3.63. The molecule has 1 atom stereocenters. The molecule has 2 saturated heterocycles. The van der Waals surface area contributed by atoms with Gasteiger partial charge in [-0.2, -0.15) is 11.8 Å². The van der Waals surface area contributed by atoms with E-state index in [1.807, 2.05) is 54.0 Å². The molecule has 0 spiro atoms. The second-order valence-electron chi connectivity index (χ2n) is 5.98. The molecular formula is C17H22N2O3S. The number of hydrogen-bond acceptors (Lipinski definition) is 4. The Labute approximate surface area is 141 Å². The molecule has 23 heavy (non-hydrogen) atoms. The predicted molar refractivity (Wildman–Crippen MR) is 90.4 cm³/mol. The summed E-state index contributed by atoms with van der Waals surface area (Å²) in [6.07, 6.45) is 1.65. The molecule has 0 bridgehead atoms. The molecule has 0 aromatic heterocycles. The van der Waals surface area contributed by atoms with E-state index in [1.54, 1.807) is 4.90 Å². The quantitative estimate of drug-likeness (QED) is 0.849. The van der Waals surface area contributed by atoms with Gasteiger partial charge < -0.3 is 9.64 Å². The van der Waals surface area contributed by atoms with E-state index in [1.165, 1.54) is 0 Å². The summed E-state index contributed by atoms with van der Waals surface area (Å²) in [7, 11) is 1.85. The van der Waals surface area contributed by atoms with Crippen LogP contribution in [0.3, 0.4) is 0 Å². The van der Waals surface area contributed by atoms with Crippen molar-refractivity contribution in [3.8, 4) is 0 Å². The normalized spacial score (nSPS) is 22.0. The van der Waals surface area contributed by atoms with Crippen LogP contribution in [0.25, 0.3) is 0 Å². The Balaban J connectivity index is 1.67. The van der Waals surface area contributed by atoms with Gasteiger partial charge in [0.05, 0.1) is 6.04 Å². The number of rotatable bonds is 4. The van der Waals surface area contributed by atoms with E-state index in [9.17, 15) is 9.59 Å². The molecule has 2 amide bonds. The molecule has 0 N–H and O–H groups in total. The maximum Gasteiger partial charge on any atom is 0.410 e. The number of hydrogen-bond donors (Lipinski definition) is 0. The summed E-state index contributed by atoms with van der Waals surface area (Å²) >= 11 is 1.94. The first-order chi connectivity index (χ1) is 11.2. The third-order valence-corrected chi connectivity index (χ3v) is 5.65. The van der Waals surface area contributed by atoms with Crippen molar-refractivity contribution in [2.45, 2.75) is 24.9 Å². The SMILES string of the molecule is CN(C(=O)CN1C(=O)OC[C@@H]1c1ccccc1)C1CCSCC1. The van der Waals surface area contributed by atoms with Gasteiger partial charge in [-0.05, 0) is 29.9 Å². The lowest BCUT2D eigenvalue weighted by Gasteiger charge is -2.32. The van der Waals surface area contributed by atoms with Crippen molar-refractivity contribution >= 4 is 23.8 Å². The minimum atomic E-state index is -0.403. The number of nitrogens with zero attached hydrogens (tertiary/aromatic N) is 2. The Hall–Kier alpha value is -1.69. The summed E-state index contributed by atoms with van der Waals surface area (Å²) in [5.74, 6) is 2.18. The number of thioether (sulfide) groups is 1. The van der Waals surface area contributed by atoms with Crippen LogP contribution in [0.4, 0.5) is 4.79 Å². The van der Waals surface area contributed by atoms with Crippen molar-refractivity contribution in [2.75, 3.05) is 31.7 Å². The van der Waals surface area contributed by atoms with E-state index in [-0.39, 0.29) is 24.5 Å². The molecule has 0 aliphatic carbocycles. The van der Waals surface area contributed by atoms with Gasteiger partial charge in [0.2, 0.25) is 5.91 Å². The monoisotopic (exact) mass is 334 g/mol. The van der Waals surface area contributed by atoms with Crippen LogP contribution in [0, 0.1) is 0 Å². The summed E-state index contributed by atoms with van der Waals surface area (Å²) in [5.41, 5.74) is 1.00. The van der Waals surface area contributed by atoms with E-state index in [0.29, 0.717) is 6.61 Å². The lowest BCUT2D eigenvalue weighted by atomic mass is 10.1.